The number of hydrogen-bond acceptors (Lipinski definition) is 1. The molecule has 236 valence electrons. The second kappa shape index (κ2) is 10.9. The van der Waals surface area contributed by atoms with Gasteiger partial charge in [0.15, 0.2) is 0 Å². The molecule has 1 heteroatoms. The smallest absolute Gasteiger partial charge is 0.143 e. The maximum Gasteiger partial charge on any atom is 0.143 e. The number of furan rings is 1. The van der Waals surface area contributed by atoms with Gasteiger partial charge in [-0.2, -0.15) is 0 Å². The summed E-state index contributed by atoms with van der Waals surface area (Å²) < 4.78 is 278. The third-order valence-electron chi connectivity index (χ3n) is 8.50. The van der Waals surface area contributed by atoms with Gasteiger partial charge in [0.25, 0.3) is 0 Å². The summed E-state index contributed by atoms with van der Waals surface area (Å²) in [7, 11) is 0. The van der Waals surface area contributed by atoms with E-state index in [0.717, 1.165) is 0 Å². The molecule has 51 heavy (non-hydrogen) atoms. The zero-order valence-electron chi connectivity index (χ0n) is 55.4. The summed E-state index contributed by atoms with van der Waals surface area (Å²) in [5.74, 6) is 0. The predicted molar refractivity (Wildman–Crippen MR) is 218 cm³/mol. The molecule has 0 aliphatic rings. The summed E-state index contributed by atoms with van der Waals surface area (Å²) in [5.41, 5.74) is -6.23. The van der Waals surface area contributed by atoms with Crippen molar-refractivity contribution in [2.75, 3.05) is 0 Å². The van der Waals surface area contributed by atoms with Crippen molar-refractivity contribution in [1.29, 1.82) is 0 Å². The van der Waals surface area contributed by atoms with E-state index in [2.05, 4.69) is 0 Å². The van der Waals surface area contributed by atoms with Crippen LogP contribution in [0, 0.1) is 0 Å². The molecular weight excluding hydrogens is 617 g/mol. The highest BCUT2D eigenvalue weighted by Crippen LogP contribution is 2.45. The molecule has 0 saturated heterocycles. The average molecular weight is 677 g/mol. The molecule has 0 radical (unpaired) electrons. The summed E-state index contributed by atoms with van der Waals surface area (Å²) in [6.07, 6.45) is 0. The van der Waals surface area contributed by atoms with E-state index in [-0.39, 0.29) is 0 Å². The van der Waals surface area contributed by atoms with Crippen LogP contribution in [0.2, 0.25) is 0 Å². The fourth-order valence-corrected chi connectivity index (χ4v) is 6.29. The lowest BCUT2D eigenvalue weighted by Crippen LogP contribution is -1.91. The molecule has 0 unspecified atom stereocenters. The zero-order valence-corrected chi connectivity index (χ0v) is 25.4. The fourth-order valence-electron chi connectivity index (χ4n) is 6.29. The van der Waals surface area contributed by atoms with Crippen LogP contribution in [0.25, 0.3) is 109 Å². The Bertz CT molecular complexity index is 4850. The van der Waals surface area contributed by atoms with Gasteiger partial charge in [-0.25, -0.2) is 0 Å². The SMILES string of the molecule is [2H]c1c([2H])c(-c2c([2H])c([2H])c3c(c2[2H])c([2H])c([2H])c2c([2H])c([2H])c([2H])c([2H])c23)c([2H])c(-c2c3c([2H])c([2H])c([2H])c([2H])c3c(-c3c([2H])c([2H])c4oc5c6c([2H])c([2H])c([2H])c([2H])c6c([2H])c([2H])c5c4c3[2H])c3c([2H])c([2H])c([2H])c([2H])c23)c1[2H]. The van der Waals surface area contributed by atoms with Crippen LogP contribution in [0.5, 0.6) is 0 Å². The highest BCUT2D eigenvalue weighted by Gasteiger charge is 2.19. The van der Waals surface area contributed by atoms with Crippen LogP contribution in [0.4, 0.5) is 0 Å². The topological polar surface area (TPSA) is 13.1 Å². The summed E-state index contributed by atoms with van der Waals surface area (Å²) in [6.45, 7) is 0. The van der Waals surface area contributed by atoms with E-state index in [4.69, 9.17) is 26.3 Å². The third kappa shape index (κ3) is 4.28. The molecule has 1 heterocycles. The van der Waals surface area contributed by atoms with Crippen LogP contribution in [0.15, 0.2) is 186 Å². The molecule has 0 N–H and O–H groups in total. The first-order chi connectivity index (χ1) is 37.8. The van der Waals surface area contributed by atoms with Gasteiger partial charge in [0.05, 0.1) is 41.1 Å². The molecule has 11 aromatic rings. The molecule has 0 atom stereocenters. The molecule has 1 nitrogen and oxygen atoms in total. The molecule has 1 aromatic heterocycles. The molecule has 0 saturated carbocycles. The lowest BCUT2D eigenvalue weighted by Gasteiger charge is -2.18. The van der Waals surface area contributed by atoms with Gasteiger partial charge in [-0.15, -0.1) is 0 Å². The zero-order chi connectivity index (χ0) is 59.6. The van der Waals surface area contributed by atoms with Crippen LogP contribution in [-0.4, -0.2) is 0 Å². The van der Waals surface area contributed by atoms with Crippen molar-refractivity contribution in [3.05, 3.63) is 181 Å². The summed E-state index contributed by atoms with van der Waals surface area (Å²) >= 11 is 0. The lowest BCUT2D eigenvalue weighted by atomic mass is 9.85. The van der Waals surface area contributed by atoms with Crippen molar-refractivity contribution in [1.82, 2.24) is 0 Å². The van der Waals surface area contributed by atoms with Crippen molar-refractivity contribution in [2.24, 2.45) is 0 Å². The van der Waals surface area contributed by atoms with Gasteiger partial charge in [0.1, 0.15) is 11.2 Å². The van der Waals surface area contributed by atoms with Gasteiger partial charge >= 0.3 is 0 Å². The molecular formula is C50H30O. The molecule has 0 aliphatic heterocycles. The van der Waals surface area contributed by atoms with E-state index in [0.29, 0.717) is 0 Å². The summed E-state index contributed by atoms with van der Waals surface area (Å²) in [5, 5.41) is -7.34. The van der Waals surface area contributed by atoms with Gasteiger partial charge in [-0.05, 0) is 112 Å². The summed E-state index contributed by atoms with van der Waals surface area (Å²) in [4.78, 5) is 0. The molecule has 10 aromatic carbocycles. The Morgan fingerprint density at radius 3 is 1.51 bits per heavy atom. The Morgan fingerprint density at radius 2 is 0.784 bits per heavy atom. The van der Waals surface area contributed by atoms with Crippen LogP contribution in [-0.2, 0) is 0 Å². The van der Waals surface area contributed by atoms with Crippen LogP contribution in [0.3, 0.4) is 0 Å². The quantitative estimate of drug-likeness (QED) is 0.134. The minimum absolute atomic E-state index is 0.434. The van der Waals surface area contributed by atoms with Gasteiger partial charge in [-0.3, -0.25) is 0 Å². The van der Waals surface area contributed by atoms with E-state index < -0.39 is 290 Å². The van der Waals surface area contributed by atoms with Crippen LogP contribution >= 0.6 is 0 Å². The Labute approximate surface area is 336 Å². The minimum Gasteiger partial charge on any atom is -0.455 e. The van der Waals surface area contributed by atoms with Gasteiger partial charge in [0.2, 0.25) is 0 Å². The predicted octanol–water partition coefficient (Wildman–Crippen LogP) is 14.4. The first kappa shape index (κ1) is 11.7. The molecule has 0 aliphatic carbocycles. The van der Waals surface area contributed by atoms with Crippen molar-refractivity contribution in [2.45, 2.75) is 0 Å². The fraction of sp³-hybridized carbons (Fsp3) is 0. The van der Waals surface area contributed by atoms with E-state index in [9.17, 15) is 19.2 Å². The Hall–Kier alpha value is -6.70. The second-order valence-corrected chi connectivity index (χ2v) is 11.3. The molecule has 0 bridgehead atoms. The monoisotopic (exact) mass is 676 g/mol. The van der Waals surface area contributed by atoms with Crippen molar-refractivity contribution in [3.63, 3.8) is 0 Å². The van der Waals surface area contributed by atoms with E-state index in [1.807, 2.05) is 0 Å². The maximum atomic E-state index is 9.92. The number of benzene rings is 10. The van der Waals surface area contributed by atoms with Gasteiger partial charge in [0, 0.05) is 16.2 Å². The molecule has 11 rings (SSSR count). The Kier molecular flexibility index (Phi) is 2.50. The minimum atomic E-state index is -1.13. The Balaban J connectivity index is 1.37. The van der Waals surface area contributed by atoms with E-state index in [1.165, 1.54) is 0 Å². The Morgan fingerprint density at radius 1 is 0.294 bits per heavy atom. The van der Waals surface area contributed by atoms with E-state index in [1.54, 1.807) is 0 Å². The molecule has 0 amide bonds. The van der Waals surface area contributed by atoms with Gasteiger partial charge < -0.3 is 4.42 Å². The second-order valence-electron chi connectivity index (χ2n) is 11.3. The largest absolute Gasteiger partial charge is 0.455 e. The third-order valence-corrected chi connectivity index (χ3v) is 8.50. The standard InChI is InChI=1S/C50H30O/c1-3-14-38-31(10-1)20-21-35-28-34(23-25-39(35)38)33-12-9-13-36(29-33)48-41-16-5-7-18-43(41)49(44-19-8-6-17-42(44)48)37-24-27-47-46(30-37)45-26-22-32-11-2-4-15-40(32)50(45)51-47/h1-30H/i1D,2D,3D,4D,5D,6D,7D,8D,9D,10D,11D,12D,13D,14D,15D,16D,17D,18D,19D,20D,21D,22D,23D,24D,25D,26D,27D,28D,29D,30D. The lowest BCUT2D eigenvalue weighted by molar-refractivity contribution is 0.672. The average Bonchev–Trinajstić information content (AvgIpc) is 4.10. The number of hydrogen-bond donors (Lipinski definition) is 0. The van der Waals surface area contributed by atoms with E-state index >= 15 is 0 Å². The van der Waals surface area contributed by atoms with Crippen LogP contribution in [0.1, 0.15) is 41.1 Å². The van der Waals surface area contributed by atoms with Crippen LogP contribution < -0.4 is 0 Å². The molecule has 0 fully saturated rings. The van der Waals surface area contributed by atoms with Crippen molar-refractivity contribution in [3.8, 4) is 33.4 Å². The summed E-state index contributed by atoms with van der Waals surface area (Å²) in [6, 6.07) is -27.9. The van der Waals surface area contributed by atoms with Crippen molar-refractivity contribution < 1.29 is 45.5 Å². The normalized spacial score (nSPS) is 20.2. The first-order valence-corrected chi connectivity index (χ1v) is 15.2. The highest BCUT2D eigenvalue weighted by molar-refractivity contribution is 6.23. The highest BCUT2D eigenvalue weighted by atomic mass is 16.3. The number of fused-ring (bicyclic) bond motifs is 10. The maximum absolute atomic E-state index is 9.92. The van der Waals surface area contributed by atoms with Crippen molar-refractivity contribution >= 4 is 75.8 Å². The van der Waals surface area contributed by atoms with Gasteiger partial charge in [-0.1, -0.05) is 151 Å². The molecule has 0 spiro atoms. The number of rotatable bonds is 3. The first-order valence-electron chi connectivity index (χ1n) is 30.2.